The number of fused-ring (bicyclic) bond motifs is 2. The fourth-order valence-corrected chi connectivity index (χ4v) is 6.51. The first kappa shape index (κ1) is 24.8. The number of nitrogens with one attached hydrogen (secondary N) is 1. The maximum absolute atomic E-state index is 13.2. The summed E-state index contributed by atoms with van der Waals surface area (Å²) in [6.45, 7) is 2.43. The van der Waals surface area contributed by atoms with Crippen LogP contribution in [0.15, 0.2) is 53.1 Å². The van der Waals surface area contributed by atoms with Crippen molar-refractivity contribution in [2.24, 2.45) is 0 Å². The summed E-state index contributed by atoms with van der Waals surface area (Å²) in [7, 11) is 0. The number of halogens is 2. The van der Waals surface area contributed by atoms with Gasteiger partial charge in [0.05, 0.1) is 28.8 Å². The molecule has 3 heterocycles. The number of hydrogen-bond acceptors (Lipinski definition) is 4. The average molecular weight is 540 g/mol. The zero-order valence-corrected chi connectivity index (χ0v) is 22.3. The minimum Gasteiger partial charge on any atom is -0.373 e. The van der Waals surface area contributed by atoms with Gasteiger partial charge in [-0.15, -0.1) is 0 Å². The molecule has 2 unspecified atom stereocenters. The minimum absolute atomic E-state index is 0.0213. The van der Waals surface area contributed by atoms with Crippen LogP contribution in [0.5, 0.6) is 0 Å². The summed E-state index contributed by atoms with van der Waals surface area (Å²) in [6, 6.07) is 15.9. The molecular weight excluding hydrogens is 509 g/mol. The number of carbonyl (C=O) groups excluding carboxylic acids is 1. The number of nitrogens with zero attached hydrogens (tertiary/aromatic N) is 2. The molecule has 8 heteroatoms. The van der Waals surface area contributed by atoms with Crippen LogP contribution in [-0.4, -0.2) is 34.3 Å². The third-order valence-corrected chi connectivity index (χ3v) is 8.62. The first-order chi connectivity index (χ1) is 18.0. The molecule has 0 radical (unpaired) electrons. The molecule has 0 spiro atoms. The third kappa shape index (κ3) is 4.99. The molecule has 1 aliphatic carbocycles. The summed E-state index contributed by atoms with van der Waals surface area (Å²) >= 11 is 13.0. The monoisotopic (exact) mass is 539 g/mol. The van der Waals surface area contributed by atoms with Crippen molar-refractivity contribution in [1.82, 2.24) is 15.4 Å². The van der Waals surface area contributed by atoms with Crippen molar-refractivity contribution in [2.45, 2.75) is 82.2 Å². The Kier molecular flexibility index (Phi) is 6.91. The lowest BCUT2D eigenvalue weighted by Gasteiger charge is -2.39. The van der Waals surface area contributed by atoms with Crippen molar-refractivity contribution < 1.29 is 14.1 Å². The molecule has 3 aliphatic rings. The minimum atomic E-state index is -0.0356. The van der Waals surface area contributed by atoms with Crippen LogP contribution in [0.1, 0.15) is 74.3 Å². The van der Waals surface area contributed by atoms with Gasteiger partial charge in [-0.25, -0.2) is 4.79 Å². The molecule has 2 amide bonds. The molecule has 3 atom stereocenters. The molecular formula is C29H31Cl2N3O3. The van der Waals surface area contributed by atoms with Gasteiger partial charge in [0.25, 0.3) is 0 Å². The van der Waals surface area contributed by atoms with E-state index in [1.807, 2.05) is 55.5 Å². The maximum Gasteiger partial charge on any atom is 0.318 e. The molecule has 1 saturated carbocycles. The van der Waals surface area contributed by atoms with Gasteiger partial charge >= 0.3 is 6.03 Å². The molecule has 37 heavy (non-hydrogen) atoms. The lowest BCUT2D eigenvalue weighted by atomic mass is 9.99. The fraction of sp³-hybridized carbons (Fsp3) is 0.448. The van der Waals surface area contributed by atoms with Crippen LogP contribution in [0.2, 0.25) is 10.0 Å². The van der Waals surface area contributed by atoms with E-state index in [2.05, 4.69) is 15.4 Å². The number of urea groups is 1. The SMILES string of the molecule is C[C@@H](NC(=O)N1C2CCC1CC(OCc1c(-c3c(Cl)cccc3Cl)noc1C1CC1)C2)c1ccccc1. The Morgan fingerprint density at radius 1 is 1.05 bits per heavy atom. The number of hydrogen-bond donors (Lipinski definition) is 1. The summed E-state index contributed by atoms with van der Waals surface area (Å²) < 4.78 is 12.3. The summed E-state index contributed by atoms with van der Waals surface area (Å²) in [5.41, 5.74) is 3.42. The van der Waals surface area contributed by atoms with Gasteiger partial charge in [-0.3, -0.25) is 0 Å². The molecule has 194 valence electrons. The normalized spacial score (nSPS) is 23.8. The number of carbonyl (C=O) groups is 1. The van der Waals surface area contributed by atoms with E-state index in [-0.39, 0.29) is 30.3 Å². The molecule has 3 fully saturated rings. The van der Waals surface area contributed by atoms with Crippen LogP contribution < -0.4 is 5.32 Å². The number of ether oxygens (including phenoxy) is 1. The van der Waals surface area contributed by atoms with E-state index < -0.39 is 0 Å². The molecule has 2 saturated heterocycles. The Bertz CT molecular complexity index is 1240. The highest BCUT2D eigenvalue weighted by molar-refractivity contribution is 6.39. The smallest absolute Gasteiger partial charge is 0.318 e. The van der Waals surface area contributed by atoms with Crippen LogP contribution in [0, 0.1) is 0 Å². The Hall–Kier alpha value is -2.54. The largest absolute Gasteiger partial charge is 0.373 e. The van der Waals surface area contributed by atoms with Crippen LogP contribution in [0.3, 0.4) is 0 Å². The molecule has 1 N–H and O–H groups in total. The first-order valence-corrected chi connectivity index (χ1v) is 13.9. The van der Waals surface area contributed by atoms with Crippen molar-refractivity contribution in [3.8, 4) is 11.3 Å². The summed E-state index contributed by atoms with van der Waals surface area (Å²) in [5, 5.41) is 8.67. The first-order valence-electron chi connectivity index (χ1n) is 13.2. The Balaban J connectivity index is 1.13. The second kappa shape index (κ2) is 10.3. The number of rotatable bonds is 7. The van der Waals surface area contributed by atoms with E-state index in [9.17, 15) is 4.79 Å². The van der Waals surface area contributed by atoms with Gasteiger partial charge in [0.2, 0.25) is 0 Å². The summed E-state index contributed by atoms with van der Waals surface area (Å²) in [5.74, 6) is 1.27. The van der Waals surface area contributed by atoms with Gasteiger partial charge in [-0.1, -0.05) is 64.8 Å². The third-order valence-electron chi connectivity index (χ3n) is 7.99. The van der Waals surface area contributed by atoms with Crippen molar-refractivity contribution >= 4 is 29.2 Å². The van der Waals surface area contributed by atoms with E-state index in [1.54, 1.807) is 0 Å². The Morgan fingerprint density at radius 3 is 2.38 bits per heavy atom. The molecule has 3 aromatic rings. The average Bonchev–Trinajstić information content (AvgIpc) is 3.60. The van der Waals surface area contributed by atoms with Crippen LogP contribution in [0.4, 0.5) is 4.79 Å². The highest BCUT2D eigenvalue weighted by atomic mass is 35.5. The predicted molar refractivity (Wildman–Crippen MR) is 144 cm³/mol. The second-order valence-corrected chi connectivity index (χ2v) is 11.3. The Morgan fingerprint density at radius 2 is 1.73 bits per heavy atom. The molecule has 6 nitrogen and oxygen atoms in total. The van der Waals surface area contributed by atoms with E-state index in [1.165, 1.54) is 0 Å². The maximum atomic E-state index is 13.2. The number of piperidine rings is 1. The van der Waals surface area contributed by atoms with E-state index in [4.69, 9.17) is 32.5 Å². The molecule has 1 aromatic heterocycles. The van der Waals surface area contributed by atoms with E-state index >= 15 is 0 Å². The topological polar surface area (TPSA) is 67.6 Å². The predicted octanol–water partition coefficient (Wildman–Crippen LogP) is 7.51. The van der Waals surface area contributed by atoms with Crippen molar-refractivity contribution in [3.05, 3.63) is 75.5 Å². The van der Waals surface area contributed by atoms with Gasteiger partial charge < -0.3 is 19.5 Å². The fourth-order valence-electron chi connectivity index (χ4n) is 5.93. The molecule has 2 aromatic carbocycles. The Labute approximate surface area is 227 Å². The highest BCUT2D eigenvalue weighted by Gasteiger charge is 2.44. The standard InChI is InChI=1S/C29H31Cl2N3O3/c1-17(18-6-3-2-4-7-18)32-29(35)34-20-12-13-21(34)15-22(14-20)36-16-23-27(33-37-28(23)19-10-11-19)26-24(30)8-5-9-25(26)31/h2-9,17,19-22H,10-16H2,1H3,(H,32,35)/t17-,20?,21?,22?/m1/s1. The van der Waals surface area contributed by atoms with Gasteiger partial charge in [0, 0.05) is 29.1 Å². The number of amides is 2. The van der Waals surface area contributed by atoms with Gasteiger partial charge in [-0.2, -0.15) is 0 Å². The van der Waals surface area contributed by atoms with Crippen LogP contribution in [-0.2, 0) is 11.3 Å². The van der Waals surface area contributed by atoms with Crippen molar-refractivity contribution in [1.29, 1.82) is 0 Å². The lowest BCUT2D eigenvalue weighted by Crippen LogP contribution is -2.52. The molecule has 2 bridgehead atoms. The van der Waals surface area contributed by atoms with Gasteiger partial charge in [0.1, 0.15) is 11.5 Å². The zero-order chi connectivity index (χ0) is 25.5. The van der Waals surface area contributed by atoms with Crippen LogP contribution in [0.25, 0.3) is 11.3 Å². The van der Waals surface area contributed by atoms with Gasteiger partial charge in [-0.05, 0) is 63.1 Å². The quantitative estimate of drug-likeness (QED) is 0.337. The van der Waals surface area contributed by atoms with Crippen molar-refractivity contribution in [3.63, 3.8) is 0 Å². The highest BCUT2D eigenvalue weighted by Crippen LogP contribution is 2.46. The van der Waals surface area contributed by atoms with Crippen LogP contribution >= 0.6 is 23.2 Å². The zero-order valence-electron chi connectivity index (χ0n) is 20.8. The summed E-state index contributed by atoms with van der Waals surface area (Å²) in [4.78, 5) is 15.3. The molecule has 2 aliphatic heterocycles. The summed E-state index contributed by atoms with van der Waals surface area (Å²) in [6.07, 6.45) is 5.95. The van der Waals surface area contributed by atoms with Crippen molar-refractivity contribution in [2.75, 3.05) is 0 Å². The van der Waals surface area contributed by atoms with E-state index in [0.29, 0.717) is 33.8 Å². The van der Waals surface area contributed by atoms with E-state index in [0.717, 1.165) is 55.4 Å². The van der Waals surface area contributed by atoms with Gasteiger partial charge in [0.15, 0.2) is 0 Å². The number of aromatic nitrogens is 1. The second-order valence-electron chi connectivity index (χ2n) is 10.5. The number of benzene rings is 2. The molecule has 6 rings (SSSR count). The lowest BCUT2D eigenvalue weighted by molar-refractivity contribution is -0.0173.